The molecular formula is C32H49N5O2. The van der Waals surface area contributed by atoms with Crippen LogP contribution in [0.1, 0.15) is 71.3 Å². The number of aryl methyl sites for hydroxylation is 1. The Morgan fingerprint density at radius 1 is 1.03 bits per heavy atom. The molecule has 2 unspecified atom stereocenters. The van der Waals surface area contributed by atoms with Crippen LogP contribution in [0.2, 0.25) is 0 Å². The quantitative estimate of drug-likeness (QED) is 0.418. The molecule has 0 radical (unpaired) electrons. The van der Waals surface area contributed by atoms with Crippen molar-refractivity contribution in [3.63, 3.8) is 0 Å². The van der Waals surface area contributed by atoms with E-state index in [1.54, 1.807) is 0 Å². The summed E-state index contributed by atoms with van der Waals surface area (Å²) >= 11 is 0. The largest absolute Gasteiger partial charge is 0.335 e. The number of piperazine rings is 1. The van der Waals surface area contributed by atoms with E-state index in [9.17, 15) is 9.59 Å². The summed E-state index contributed by atoms with van der Waals surface area (Å²) in [5.74, 6) is 1.42. The van der Waals surface area contributed by atoms with Gasteiger partial charge in [-0.15, -0.1) is 0 Å². The van der Waals surface area contributed by atoms with Crippen molar-refractivity contribution < 1.29 is 9.59 Å². The molecule has 1 aromatic rings. The van der Waals surface area contributed by atoms with Gasteiger partial charge in [0.25, 0.3) is 0 Å². The van der Waals surface area contributed by atoms with Gasteiger partial charge in [-0.2, -0.15) is 0 Å². The van der Waals surface area contributed by atoms with Crippen molar-refractivity contribution in [3.05, 3.63) is 41.5 Å². The molecule has 7 heteroatoms. The molecule has 2 saturated carbocycles. The van der Waals surface area contributed by atoms with E-state index in [-0.39, 0.29) is 12.1 Å². The zero-order valence-electron chi connectivity index (χ0n) is 24.4. The minimum absolute atomic E-state index is 0.0296. The molecule has 5 aliphatic rings. The second-order valence-electron chi connectivity index (χ2n) is 12.8. The molecule has 0 aromatic heterocycles. The minimum Gasteiger partial charge on any atom is -0.335 e. The lowest BCUT2D eigenvalue weighted by Gasteiger charge is -2.57. The zero-order valence-corrected chi connectivity index (χ0v) is 24.4. The maximum atomic E-state index is 13.5. The van der Waals surface area contributed by atoms with Crippen LogP contribution in [-0.2, 0) is 6.42 Å². The average molecular weight is 536 g/mol. The minimum atomic E-state index is -0.0296. The van der Waals surface area contributed by atoms with Gasteiger partial charge >= 0.3 is 12.1 Å². The highest BCUT2D eigenvalue weighted by Crippen LogP contribution is 2.59. The Balaban J connectivity index is 1.13. The van der Waals surface area contributed by atoms with Gasteiger partial charge in [0.2, 0.25) is 0 Å². The van der Waals surface area contributed by atoms with Crippen molar-refractivity contribution >= 4 is 17.7 Å². The number of allylic oxidation sites excluding steroid dienone is 1. The lowest BCUT2D eigenvalue weighted by molar-refractivity contribution is -0.00986. The third-order valence-electron chi connectivity index (χ3n) is 10.1. The van der Waals surface area contributed by atoms with Crippen LogP contribution in [0.5, 0.6) is 0 Å². The molecule has 1 heterocycles. The fourth-order valence-electron chi connectivity index (χ4n) is 7.10. The molecule has 2 bridgehead atoms. The van der Waals surface area contributed by atoms with Crippen molar-refractivity contribution in [1.29, 1.82) is 0 Å². The average Bonchev–Trinajstić information content (AvgIpc) is 2.96. The monoisotopic (exact) mass is 535 g/mol. The Morgan fingerprint density at radius 3 is 2.38 bits per heavy atom. The number of urea groups is 2. The first kappa shape index (κ1) is 28.0. The molecule has 3 fully saturated rings. The molecule has 39 heavy (non-hydrogen) atoms. The van der Waals surface area contributed by atoms with Gasteiger partial charge in [0.15, 0.2) is 0 Å². The molecule has 0 spiro atoms. The number of carbonyl (C=O) groups excluding carboxylic acids is 2. The van der Waals surface area contributed by atoms with Gasteiger partial charge in [0, 0.05) is 57.5 Å². The fourth-order valence-corrected chi connectivity index (χ4v) is 7.10. The summed E-state index contributed by atoms with van der Waals surface area (Å²) in [7, 11) is 0. The van der Waals surface area contributed by atoms with E-state index in [1.807, 2.05) is 17.0 Å². The lowest BCUT2D eigenvalue weighted by Crippen LogP contribution is -2.54. The molecule has 1 saturated heterocycles. The van der Waals surface area contributed by atoms with Crippen molar-refractivity contribution in [2.45, 2.75) is 78.2 Å². The fraction of sp³-hybridized carbons (Fsp3) is 0.688. The Hall–Kier alpha value is -2.54. The molecule has 214 valence electrons. The summed E-state index contributed by atoms with van der Waals surface area (Å²) in [6.07, 6.45) is 11.8. The Labute approximate surface area is 235 Å². The molecule has 2 atom stereocenters. The van der Waals surface area contributed by atoms with Crippen molar-refractivity contribution in [1.82, 2.24) is 20.0 Å². The van der Waals surface area contributed by atoms with E-state index in [2.05, 4.69) is 59.4 Å². The molecule has 6 rings (SSSR count). The Kier molecular flexibility index (Phi) is 8.85. The van der Waals surface area contributed by atoms with Crippen LogP contribution in [0.3, 0.4) is 0 Å². The van der Waals surface area contributed by atoms with Crippen molar-refractivity contribution in [2.24, 2.45) is 17.3 Å². The smallest absolute Gasteiger partial charge is 0.321 e. The number of nitrogens with one attached hydrogen (secondary N) is 2. The summed E-state index contributed by atoms with van der Waals surface area (Å²) < 4.78 is 0. The number of anilines is 1. The Morgan fingerprint density at radius 2 is 1.74 bits per heavy atom. The van der Waals surface area contributed by atoms with E-state index in [0.29, 0.717) is 30.5 Å². The van der Waals surface area contributed by atoms with E-state index in [0.717, 1.165) is 70.0 Å². The third-order valence-corrected chi connectivity index (χ3v) is 10.1. The van der Waals surface area contributed by atoms with Crippen molar-refractivity contribution in [3.8, 4) is 0 Å². The maximum Gasteiger partial charge on any atom is 0.321 e. The number of benzene rings is 1. The molecule has 2 N–H and O–H groups in total. The van der Waals surface area contributed by atoms with Crippen LogP contribution >= 0.6 is 0 Å². The third kappa shape index (κ3) is 6.62. The van der Waals surface area contributed by atoms with Crippen LogP contribution < -0.4 is 10.6 Å². The second kappa shape index (κ2) is 12.3. The van der Waals surface area contributed by atoms with Crippen LogP contribution in [0, 0.1) is 17.3 Å². The van der Waals surface area contributed by atoms with Crippen LogP contribution in [0.4, 0.5) is 15.3 Å². The zero-order chi connectivity index (χ0) is 27.4. The first-order valence-corrected chi connectivity index (χ1v) is 15.4. The summed E-state index contributed by atoms with van der Waals surface area (Å²) in [5, 5.41) is 6.42. The molecule has 7 nitrogen and oxygen atoms in total. The van der Waals surface area contributed by atoms with Crippen LogP contribution in [0.25, 0.3) is 0 Å². The standard InChI is InChI=1S/C32H49N5O2/c1-4-24-10-14-28(15-11-24)34-30(38)36-19-16-35(17-20-36)18-21-37(31(39)33-27-8-6-5-7-9-27)23-25-12-13-26-22-29(25)32(26,2)3/h10-12,14-15,26-27,29H,4-9,13,16-23H2,1-3H3,(H,33,39)(H,34,38). The molecule has 1 aromatic carbocycles. The van der Waals surface area contributed by atoms with E-state index in [4.69, 9.17) is 0 Å². The van der Waals surface area contributed by atoms with Gasteiger partial charge in [-0.05, 0) is 67.1 Å². The molecule has 1 aliphatic heterocycles. The van der Waals surface area contributed by atoms with Gasteiger partial charge in [-0.1, -0.05) is 63.8 Å². The summed E-state index contributed by atoms with van der Waals surface area (Å²) in [5.41, 5.74) is 3.94. The van der Waals surface area contributed by atoms with Crippen LogP contribution in [0.15, 0.2) is 35.9 Å². The predicted molar refractivity (Wildman–Crippen MR) is 158 cm³/mol. The second-order valence-corrected chi connectivity index (χ2v) is 12.8. The Bertz CT molecular complexity index is 1020. The predicted octanol–water partition coefficient (Wildman–Crippen LogP) is 5.74. The summed E-state index contributed by atoms with van der Waals surface area (Å²) in [6, 6.07) is 8.49. The van der Waals surface area contributed by atoms with Crippen molar-refractivity contribution in [2.75, 3.05) is 51.1 Å². The van der Waals surface area contributed by atoms with E-state index >= 15 is 0 Å². The lowest BCUT2D eigenvalue weighted by atomic mass is 9.49. The first-order valence-electron chi connectivity index (χ1n) is 15.4. The number of hydrogen-bond acceptors (Lipinski definition) is 3. The van der Waals surface area contributed by atoms with Gasteiger partial charge in [0.1, 0.15) is 0 Å². The van der Waals surface area contributed by atoms with E-state index in [1.165, 1.54) is 36.8 Å². The number of amides is 4. The highest BCUT2D eigenvalue weighted by Gasteiger charge is 2.51. The normalized spacial score (nSPS) is 24.9. The molecule has 4 aliphatic carbocycles. The highest BCUT2D eigenvalue weighted by atomic mass is 16.2. The van der Waals surface area contributed by atoms with Gasteiger partial charge in [-0.25, -0.2) is 9.59 Å². The molecular weight excluding hydrogens is 486 g/mol. The number of fused-ring (bicyclic) bond motifs is 1. The number of rotatable bonds is 8. The van der Waals surface area contributed by atoms with Gasteiger partial charge in [-0.3, -0.25) is 4.90 Å². The number of hydrogen-bond donors (Lipinski definition) is 2. The number of carbonyl (C=O) groups is 2. The highest BCUT2D eigenvalue weighted by molar-refractivity contribution is 5.89. The topological polar surface area (TPSA) is 67.9 Å². The van der Waals surface area contributed by atoms with Crippen LogP contribution in [-0.4, -0.2) is 78.6 Å². The van der Waals surface area contributed by atoms with Gasteiger partial charge < -0.3 is 20.4 Å². The van der Waals surface area contributed by atoms with E-state index < -0.39 is 0 Å². The maximum absolute atomic E-state index is 13.5. The summed E-state index contributed by atoms with van der Waals surface area (Å²) in [6.45, 7) is 12.3. The summed E-state index contributed by atoms with van der Waals surface area (Å²) in [4.78, 5) is 32.7. The van der Waals surface area contributed by atoms with Gasteiger partial charge in [0.05, 0.1) is 0 Å². The first-order chi connectivity index (χ1) is 18.8. The number of nitrogens with zero attached hydrogens (tertiary/aromatic N) is 3. The SMILES string of the molecule is CCc1ccc(NC(=O)N2CCN(CCN(CC3=CCC4CC3C4(C)C)C(=O)NC3CCCCC3)CC2)cc1. The molecule has 4 amide bonds.